The summed E-state index contributed by atoms with van der Waals surface area (Å²) in [5.74, 6) is 1.37. The fraction of sp³-hybridized carbons (Fsp3) is 0.312. The second-order valence-electron chi connectivity index (χ2n) is 5.27. The van der Waals surface area contributed by atoms with Crippen LogP contribution in [-0.2, 0) is 0 Å². The van der Waals surface area contributed by atoms with Gasteiger partial charge in [0.15, 0.2) is 5.82 Å². The zero-order valence-electron chi connectivity index (χ0n) is 13.0. The highest BCUT2D eigenvalue weighted by Crippen LogP contribution is 2.28. The number of anilines is 1. The Hall–Kier alpha value is -2.63. The van der Waals surface area contributed by atoms with Crippen molar-refractivity contribution in [3.8, 4) is 17.1 Å². The number of para-hydroxylation sites is 1. The van der Waals surface area contributed by atoms with Crippen LogP contribution in [0.5, 0.6) is 5.75 Å². The number of nitrogen functional groups attached to an aromatic ring is 1. The Morgan fingerprint density at radius 1 is 1.36 bits per heavy atom. The second-order valence-corrected chi connectivity index (χ2v) is 5.27. The Morgan fingerprint density at radius 3 is 2.73 bits per heavy atom. The van der Waals surface area contributed by atoms with E-state index in [0.717, 1.165) is 5.56 Å². The first-order chi connectivity index (χ1) is 10.5. The molecule has 1 aromatic carbocycles. The van der Waals surface area contributed by atoms with E-state index in [9.17, 15) is 4.79 Å². The number of hydrogen-bond acceptors (Lipinski definition) is 5. The average molecular weight is 300 g/mol. The van der Waals surface area contributed by atoms with Crippen LogP contribution in [0.25, 0.3) is 11.4 Å². The Labute approximate surface area is 129 Å². The lowest BCUT2D eigenvalue weighted by atomic mass is 10.1. The van der Waals surface area contributed by atoms with Crippen LogP contribution in [0.2, 0.25) is 0 Å². The molecule has 0 saturated heterocycles. The molecule has 0 spiro atoms. The smallest absolute Gasteiger partial charge is 0.256 e. The molecule has 0 saturated carbocycles. The molecule has 2 rings (SSSR count). The number of nitrogens with zero attached hydrogens (tertiary/aromatic N) is 2. The summed E-state index contributed by atoms with van der Waals surface area (Å²) < 4.78 is 5.79. The van der Waals surface area contributed by atoms with Crippen molar-refractivity contribution in [1.29, 1.82) is 0 Å². The Kier molecular flexibility index (Phi) is 4.93. The number of ether oxygens (including phenoxy) is 1. The summed E-state index contributed by atoms with van der Waals surface area (Å²) in [5, 5.41) is 2.50. The highest BCUT2D eigenvalue weighted by molar-refractivity contribution is 5.98. The fourth-order valence-corrected chi connectivity index (χ4v) is 1.87. The number of rotatable bonds is 5. The lowest BCUT2D eigenvalue weighted by Crippen LogP contribution is -2.20. The van der Waals surface area contributed by atoms with Crippen LogP contribution in [0.15, 0.2) is 30.5 Å². The van der Waals surface area contributed by atoms with Gasteiger partial charge in [-0.25, -0.2) is 9.97 Å². The summed E-state index contributed by atoms with van der Waals surface area (Å²) in [6.45, 7) is 4.76. The molecule has 22 heavy (non-hydrogen) atoms. The highest BCUT2D eigenvalue weighted by Gasteiger charge is 2.14. The van der Waals surface area contributed by atoms with Gasteiger partial charge >= 0.3 is 0 Å². The third-order valence-corrected chi connectivity index (χ3v) is 2.99. The predicted molar refractivity (Wildman–Crippen MR) is 85.6 cm³/mol. The Bertz CT molecular complexity index is 671. The lowest BCUT2D eigenvalue weighted by Gasteiger charge is -2.13. The van der Waals surface area contributed by atoms with E-state index in [-0.39, 0.29) is 17.3 Å². The van der Waals surface area contributed by atoms with Crippen LogP contribution in [0.3, 0.4) is 0 Å². The van der Waals surface area contributed by atoms with Crippen LogP contribution in [0.1, 0.15) is 24.2 Å². The van der Waals surface area contributed by atoms with Crippen molar-refractivity contribution in [2.24, 2.45) is 5.92 Å². The van der Waals surface area contributed by atoms with E-state index < -0.39 is 0 Å². The number of benzene rings is 1. The third-order valence-electron chi connectivity index (χ3n) is 2.99. The zero-order valence-corrected chi connectivity index (χ0v) is 13.0. The number of nitrogens with one attached hydrogen (secondary N) is 1. The predicted octanol–water partition coefficient (Wildman–Crippen LogP) is 2.12. The number of aromatic nitrogens is 2. The average Bonchev–Trinajstić information content (AvgIpc) is 2.52. The minimum Gasteiger partial charge on any atom is -0.493 e. The standard InChI is InChI=1S/C16H20N4O2/c1-10(2)9-22-13-7-5-4-6-11(13)15-19-8-12(14(17)20-15)16(21)18-3/h4-8,10H,9H2,1-3H3,(H,18,21)(H2,17,19,20). The van der Waals surface area contributed by atoms with Crippen LogP contribution in [-0.4, -0.2) is 29.5 Å². The molecule has 0 bridgehead atoms. The van der Waals surface area contributed by atoms with Crippen molar-refractivity contribution < 1.29 is 9.53 Å². The van der Waals surface area contributed by atoms with Gasteiger partial charge in [-0.1, -0.05) is 26.0 Å². The van der Waals surface area contributed by atoms with Crippen molar-refractivity contribution in [3.05, 3.63) is 36.0 Å². The lowest BCUT2D eigenvalue weighted by molar-refractivity contribution is 0.0963. The molecule has 0 radical (unpaired) electrons. The molecular formula is C16H20N4O2. The minimum absolute atomic E-state index is 0.142. The fourth-order valence-electron chi connectivity index (χ4n) is 1.87. The third kappa shape index (κ3) is 3.52. The van der Waals surface area contributed by atoms with Gasteiger partial charge in [-0.15, -0.1) is 0 Å². The summed E-state index contributed by atoms with van der Waals surface area (Å²) >= 11 is 0. The van der Waals surface area contributed by atoms with Gasteiger partial charge in [-0.3, -0.25) is 4.79 Å². The molecule has 0 aliphatic carbocycles. The SMILES string of the molecule is CNC(=O)c1cnc(-c2ccccc2OCC(C)C)nc1N. The topological polar surface area (TPSA) is 90.1 Å². The largest absolute Gasteiger partial charge is 0.493 e. The maximum Gasteiger partial charge on any atom is 0.256 e. The van der Waals surface area contributed by atoms with E-state index in [1.807, 2.05) is 24.3 Å². The number of carbonyl (C=O) groups excluding carboxylic acids is 1. The van der Waals surface area contributed by atoms with Gasteiger partial charge in [0.1, 0.15) is 11.6 Å². The molecule has 3 N–H and O–H groups in total. The van der Waals surface area contributed by atoms with Crippen molar-refractivity contribution in [2.75, 3.05) is 19.4 Å². The number of hydrogen-bond donors (Lipinski definition) is 2. The van der Waals surface area contributed by atoms with E-state index >= 15 is 0 Å². The minimum atomic E-state index is -0.312. The van der Waals surface area contributed by atoms with Crippen molar-refractivity contribution in [1.82, 2.24) is 15.3 Å². The molecule has 0 fully saturated rings. The van der Waals surface area contributed by atoms with E-state index in [0.29, 0.717) is 24.1 Å². The maximum atomic E-state index is 11.6. The van der Waals surface area contributed by atoms with Crippen molar-refractivity contribution in [2.45, 2.75) is 13.8 Å². The van der Waals surface area contributed by atoms with Gasteiger partial charge in [0.2, 0.25) is 0 Å². The van der Waals surface area contributed by atoms with Crippen molar-refractivity contribution >= 4 is 11.7 Å². The Balaban J connectivity index is 2.36. The van der Waals surface area contributed by atoms with Gasteiger partial charge in [0.25, 0.3) is 5.91 Å². The van der Waals surface area contributed by atoms with E-state index in [1.165, 1.54) is 13.2 Å². The molecule has 1 aromatic heterocycles. The number of carbonyl (C=O) groups is 1. The number of nitrogens with two attached hydrogens (primary N) is 1. The summed E-state index contributed by atoms with van der Waals surface area (Å²) in [7, 11) is 1.53. The van der Waals surface area contributed by atoms with E-state index in [4.69, 9.17) is 10.5 Å². The quantitative estimate of drug-likeness (QED) is 0.882. The van der Waals surface area contributed by atoms with E-state index in [2.05, 4.69) is 29.1 Å². The molecule has 0 aliphatic rings. The zero-order chi connectivity index (χ0) is 16.1. The summed E-state index contributed by atoms with van der Waals surface area (Å²) in [5.41, 5.74) is 6.86. The molecule has 0 atom stereocenters. The molecule has 0 aliphatic heterocycles. The highest BCUT2D eigenvalue weighted by atomic mass is 16.5. The normalized spacial score (nSPS) is 10.5. The second kappa shape index (κ2) is 6.89. The van der Waals surface area contributed by atoms with E-state index in [1.54, 1.807) is 0 Å². The monoisotopic (exact) mass is 300 g/mol. The number of amides is 1. The van der Waals surface area contributed by atoms with Crippen LogP contribution < -0.4 is 15.8 Å². The first-order valence-electron chi connectivity index (χ1n) is 7.09. The summed E-state index contributed by atoms with van der Waals surface area (Å²) in [4.78, 5) is 20.1. The van der Waals surface area contributed by atoms with Gasteiger partial charge < -0.3 is 15.8 Å². The van der Waals surface area contributed by atoms with Crippen LogP contribution in [0.4, 0.5) is 5.82 Å². The molecule has 1 heterocycles. The van der Waals surface area contributed by atoms with Crippen LogP contribution in [0, 0.1) is 5.92 Å². The first kappa shape index (κ1) is 15.8. The molecule has 0 unspecified atom stereocenters. The van der Waals surface area contributed by atoms with Gasteiger partial charge in [-0.05, 0) is 18.1 Å². The van der Waals surface area contributed by atoms with Gasteiger partial charge in [0, 0.05) is 13.2 Å². The Morgan fingerprint density at radius 2 is 2.09 bits per heavy atom. The molecular weight excluding hydrogens is 280 g/mol. The van der Waals surface area contributed by atoms with Crippen molar-refractivity contribution in [3.63, 3.8) is 0 Å². The van der Waals surface area contributed by atoms with Crippen LogP contribution >= 0.6 is 0 Å². The molecule has 6 nitrogen and oxygen atoms in total. The molecule has 6 heteroatoms. The van der Waals surface area contributed by atoms with Gasteiger partial charge in [0.05, 0.1) is 17.7 Å². The molecule has 116 valence electrons. The first-order valence-corrected chi connectivity index (χ1v) is 7.09. The molecule has 1 amide bonds. The summed E-state index contributed by atoms with van der Waals surface area (Å²) in [6.07, 6.45) is 1.43. The maximum absolute atomic E-state index is 11.6. The molecule has 2 aromatic rings. The summed E-state index contributed by atoms with van der Waals surface area (Å²) in [6, 6.07) is 7.50. The van der Waals surface area contributed by atoms with Gasteiger partial charge in [-0.2, -0.15) is 0 Å².